The summed E-state index contributed by atoms with van der Waals surface area (Å²) in [5, 5.41) is 29.0. The first-order valence-electron chi connectivity index (χ1n) is 23.0. The molecule has 4 aliphatic rings. The average molecular weight is 930 g/mol. The van der Waals surface area contributed by atoms with Crippen LogP contribution in [0.4, 0.5) is 0 Å². The lowest BCUT2D eigenvalue weighted by Crippen LogP contribution is -2.81. The molecular formula is C54H59NO13. The summed E-state index contributed by atoms with van der Waals surface area (Å²) in [6, 6.07) is 33.7. The van der Waals surface area contributed by atoms with Gasteiger partial charge in [-0.05, 0) is 60.4 Å². The number of carbonyl (C=O) groups excluding carboxylic acids is 5. The number of hydrogen-bond donors (Lipinski definition) is 3. The van der Waals surface area contributed by atoms with Gasteiger partial charge in [-0.2, -0.15) is 0 Å². The molecular weight excluding hydrogens is 871 g/mol. The fourth-order valence-electron chi connectivity index (χ4n) is 11.4. The van der Waals surface area contributed by atoms with Crippen LogP contribution in [0.15, 0.2) is 132 Å². The summed E-state index contributed by atoms with van der Waals surface area (Å²) < 4.78 is 37.4. The lowest BCUT2D eigenvalue weighted by Gasteiger charge is -2.67. The molecule has 0 radical (unpaired) electrons. The van der Waals surface area contributed by atoms with E-state index in [-0.39, 0.29) is 31.6 Å². The number of carbonyl (C=O) groups is 5. The molecule has 1 aliphatic heterocycles. The maximum absolute atomic E-state index is 15.5. The number of aliphatic hydroxyl groups is 2. The second kappa shape index (κ2) is 19.2. The van der Waals surface area contributed by atoms with Crippen LogP contribution in [0.2, 0.25) is 0 Å². The van der Waals surface area contributed by atoms with Gasteiger partial charge in [-0.25, -0.2) is 9.59 Å². The van der Waals surface area contributed by atoms with Gasteiger partial charge in [0.2, 0.25) is 0 Å². The number of ether oxygens (including phenoxy) is 6. The molecule has 3 N–H and O–H groups in total. The summed E-state index contributed by atoms with van der Waals surface area (Å²) in [6.45, 7) is 9.24. The minimum Gasteiger partial charge on any atom is -0.456 e. The number of esters is 3. The Morgan fingerprint density at radius 1 is 0.838 bits per heavy atom. The van der Waals surface area contributed by atoms with E-state index in [2.05, 4.69) is 5.32 Å². The Bertz CT molecular complexity index is 2530. The predicted molar refractivity (Wildman–Crippen MR) is 246 cm³/mol. The van der Waals surface area contributed by atoms with Gasteiger partial charge in [-0.3, -0.25) is 14.4 Å². The Hall–Kier alpha value is -6.03. The first kappa shape index (κ1) is 48.4. The monoisotopic (exact) mass is 929 g/mol. The Balaban J connectivity index is 1.23. The molecule has 11 atom stereocenters. The molecule has 0 aromatic heterocycles. The van der Waals surface area contributed by atoms with Crippen molar-refractivity contribution in [1.29, 1.82) is 0 Å². The van der Waals surface area contributed by atoms with E-state index in [4.69, 9.17) is 28.4 Å². The van der Waals surface area contributed by atoms with Crippen LogP contribution in [0, 0.1) is 22.7 Å². The van der Waals surface area contributed by atoms with Crippen molar-refractivity contribution in [2.75, 3.05) is 13.4 Å². The largest absolute Gasteiger partial charge is 0.456 e. The maximum atomic E-state index is 15.5. The Morgan fingerprint density at radius 3 is 2.01 bits per heavy atom. The lowest BCUT2D eigenvalue weighted by atomic mass is 9.43. The third kappa shape index (κ3) is 8.57. The van der Waals surface area contributed by atoms with Gasteiger partial charge in [-0.15, -0.1) is 0 Å². The van der Waals surface area contributed by atoms with Gasteiger partial charge >= 0.3 is 17.9 Å². The van der Waals surface area contributed by atoms with Crippen molar-refractivity contribution in [3.8, 4) is 0 Å². The van der Waals surface area contributed by atoms with E-state index in [9.17, 15) is 24.6 Å². The zero-order chi connectivity index (χ0) is 48.6. The SMILES string of the molecule is CC(=O)OC12COC1CC(O)C1(C)C(=O)C(C)C3=C(C)C(OC(=O)C(OCOCc4ccccc4)C(NC(=O)c4ccccc4)c4ccccc4)CC(O)(C(OC(=O)c4ccccc4)C21)C3(C)C. The number of aliphatic hydroxyl groups excluding tert-OH is 1. The standard InChI is InChI=1S/C54H59NO13/c1-32-39(66-50(61)44(65-31-63-29-35-19-11-7-12-20-35)43(36-21-13-8-14-22-36)55-48(59)37-23-15-9-16-24-37)28-54(62)47(67-49(60)38-25-17-10-18-26-38)45-52(6,46(58)33(2)42(32)51(54,4)5)40(57)27-41-53(45,30-64-41)68-34(3)56/h7-26,33,39-41,43-45,47,57,62H,27-31H2,1-6H3,(H,55,59). The van der Waals surface area contributed by atoms with Crippen molar-refractivity contribution >= 4 is 29.6 Å². The number of ketones is 1. The molecule has 2 saturated carbocycles. The molecule has 0 spiro atoms. The molecule has 1 saturated heterocycles. The Kier molecular flexibility index (Phi) is 13.6. The Labute approximate surface area is 395 Å². The molecule has 11 unspecified atom stereocenters. The summed E-state index contributed by atoms with van der Waals surface area (Å²) in [5.74, 6) is -5.80. The minimum atomic E-state index is -2.20. The van der Waals surface area contributed by atoms with Crippen LogP contribution < -0.4 is 5.32 Å². The van der Waals surface area contributed by atoms with Crippen molar-refractivity contribution in [2.24, 2.45) is 22.7 Å². The van der Waals surface area contributed by atoms with E-state index in [0.717, 1.165) is 5.56 Å². The first-order valence-corrected chi connectivity index (χ1v) is 23.0. The molecule has 4 aromatic carbocycles. The van der Waals surface area contributed by atoms with Crippen molar-refractivity contribution < 1.29 is 62.6 Å². The summed E-state index contributed by atoms with van der Waals surface area (Å²) in [6.07, 6.45) is -7.26. The fourth-order valence-corrected chi connectivity index (χ4v) is 11.4. The summed E-state index contributed by atoms with van der Waals surface area (Å²) in [7, 11) is 0. The molecule has 4 aromatic rings. The summed E-state index contributed by atoms with van der Waals surface area (Å²) >= 11 is 0. The molecule has 358 valence electrons. The lowest BCUT2D eigenvalue weighted by molar-refractivity contribution is -0.345. The number of amides is 1. The van der Waals surface area contributed by atoms with Crippen LogP contribution in [0.25, 0.3) is 0 Å². The number of rotatable bonds is 14. The van der Waals surface area contributed by atoms with E-state index in [0.29, 0.717) is 22.3 Å². The maximum Gasteiger partial charge on any atom is 0.338 e. The van der Waals surface area contributed by atoms with Crippen molar-refractivity contribution in [2.45, 2.75) is 109 Å². The van der Waals surface area contributed by atoms with Crippen molar-refractivity contribution in [1.82, 2.24) is 5.32 Å². The molecule has 1 amide bonds. The van der Waals surface area contributed by atoms with Gasteiger partial charge in [0, 0.05) is 36.7 Å². The summed E-state index contributed by atoms with van der Waals surface area (Å²) in [5.41, 5.74) is -4.27. The molecule has 14 heteroatoms. The van der Waals surface area contributed by atoms with Crippen molar-refractivity contribution in [3.05, 3.63) is 155 Å². The Morgan fingerprint density at radius 2 is 1.43 bits per heavy atom. The highest BCUT2D eigenvalue weighted by Crippen LogP contribution is 2.65. The van der Waals surface area contributed by atoms with Crippen LogP contribution in [0.5, 0.6) is 0 Å². The van der Waals surface area contributed by atoms with Gasteiger partial charge in [-0.1, -0.05) is 118 Å². The first-order chi connectivity index (χ1) is 32.4. The van der Waals surface area contributed by atoms with E-state index in [1.165, 1.54) is 6.92 Å². The normalized spacial score (nSPS) is 30.1. The molecule has 1 heterocycles. The zero-order valence-corrected chi connectivity index (χ0v) is 39.1. The molecule has 8 rings (SSSR count). The van der Waals surface area contributed by atoms with Crippen LogP contribution >= 0.6 is 0 Å². The van der Waals surface area contributed by atoms with Crippen LogP contribution in [0.1, 0.15) is 92.3 Å². The van der Waals surface area contributed by atoms with E-state index in [1.807, 2.05) is 30.3 Å². The number of fused-ring (bicyclic) bond motifs is 5. The van der Waals surface area contributed by atoms with E-state index >= 15 is 9.59 Å². The van der Waals surface area contributed by atoms with Gasteiger partial charge in [0.25, 0.3) is 5.91 Å². The van der Waals surface area contributed by atoms with Crippen LogP contribution in [-0.2, 0) is 49.4 Å². The van der Waals surface area contributed by atoms with Crippen LogP contribution in [-0.4, -0.2) is 94.9 Å². The third-order valence-corrected chi connectivity index (χ3v) is 14.9. The zero-order valence-electron chi connectivity index (χ0n) is 39.1. The number of nitrogens with one attached hydrogen (secondary N) is 1. The number of benzene rings is 4. The molecule has 2 bridgehead atoms. The second-order valence-corrected chi connectivity index (χ2v) is 19.2. The van der Waals surface area contributed by atoms with Gasteiger partial charge in [0.1, 0.15) is 36.5 Å². The minimum absolute atomic E-state index is 0.0714. The highest BCUT2D eigenvalue weighted by Gasteiger charge is 2.77. The number of Topliss-reactive ketones (excluding diaryl/α,β-unsaturated/α-hetero) is 1. The van der Waals surface area contributed by atoms with Crippen LogP contribution in [0.3, 0.4) is 0 Å². The van der Waals surface area contributed by atoms with E-state index in [1.54, 1.807) is 126 Å². The topological polar surface area (TPSA) is 193 Å². The number of hydrogen-bond acceptors (Lipinski definition) is 13. The molecule has 68 heavy (non-hydrogen) atoms. The van der Waals surface area contributed by atoms with Gasteiger partial charge in [0.05, 0.1) is 42.3 Å². The highest BCUT2D eigenvalue weighted by molar-refractivity contribution is 5.95. The fraction of sp³-hybridized carbons (Fsp3) is 0.426. The third-order valence-electron chi connectivity index (χ3n) is 14.9. The molecule has 3 aliphatic carbocycles. The quantitative estimate of drug-likeness (QED) is 0.0401. The average Bonchev–Trinajstić information content (AvgIpc) is 3.33. The second-order valence-electron chi connectivity index (χ2n) is 19.2. The summed E-state index contributed by atoms with van der Waals surface area (Å²) in [4.78, 5) is 72.0. The smallest absolute Gasteiger partial charge is 0.338 e. The highest BCUT2D eigenvalue weighted by atomic mass is 16.7. The van der Waals surface area contributed by atoms with Gasteiger partial charge in [0.15, 0.2) is 11.7 Å². The van der Waals surface area contributed by atoms with Crippen molar-refractivity contribution in [3.63, 3.8) is 0 Å². The predicted octanol–water partition coefficient (Wildman–Crippen LogP) is 6.64. The van der Waals surface area contributed by atoms with Gasteiger partial charge < -0.3 is 44.0 Å². The molecule has 14 nitrogen and oxygen atoms in total. The van der Waals surface area contributed by atoms with E-state index < -0.39 is 107 Å². The molecule has 3 fully saturated rings.